The summed E-state index contributed by atoms with van der Waals surface area (Å²) >= 11 is 0. The molecule has 3 aromatic rings. The first kappa shape index (κ1) is 17.3. The second-order valence-electron chi connectivity index (χ2n) is 7.78. The average Bonchev–Trinajstić information content (AvgIpc) is 3.14. The summed E-state index contributed by atoms with van der Waals surface area (Å²) in [6.07, 6.45) is 6.71. The van der Waals surface area contributed by atoms with Crippen molar-refractivity contribution in [2.45, 2.75) is 24.5 Å². The van der Waals surface area contributed by atoms with Gasteiger partial charge in [0.2, 0.25) is 5.91 Å². The maximum absolute atomic E-state index is 13.0. The third-order valence-corrected chi connectivity index (χ3v) is 6.35. The second kappa shape index (κ2) is 6.39. The van der Waals surface area contributed by atoms with Gasteiger partial charge in [-0.25, -0.2) is 9.97 Å². The monoisotopic (exact) mass is 377 g/mol. The van der Waals surface area contributed by atoms with E-state index < -0.39 is 5.60 Å². The van der Waals surface area contributed by atoms with Crippen LogP contribution in [0.15, 0.2) is 43.0 Å². The summed E-state index contributed by atoms with van der Waals surface area (Å²) in [5, 5.41) is 4.17. The zero-order valence-corrected chi connectivity index (χ0v) is 16.0. The highest BCUT2D eigenvalue weighted by molar-refractivity contribution is 5.93. The number of piperidine rings is 1. The van der Waals surface area contributed by atoms with Gasteiger partial charge in [-0.3, -0.25) is 9.69 Å². The van der Waals surface area contributed by atoms with Gasteiger partial charge >= 0.3 is 0 Å². The van der Waals surface area contributed by atoms with E-state index in [1.54, 1.807) is 19.4 Å². The molecule has 1 amide bonds. The molecule has 3 atom stereocenters. The average molecular weight is 377 g/mol. The van der Waals surface area contributed by atoms with Crippen LogP contribution in [0, 0.1) is 5.92 Å². The highest BCUT2D eigenvalue weighted by atomic mass is 16.5. The van der Waals surface area contributed by atoms with Crippen molar-refractivity contribution in [3.8, 4) is 0 Å². The third kappa shape index (κ3) is 2.47. The Kier molecular flexibility index (Phi) is 3.96. The van der Waals surface area contributed by atoms with Crippen molar-refractivity contribution in [2.24, 2.45) is 5.92 Å². The number of amides is 1. The van der Waals surface area contributed by atoms with E-state index in [-0.39, 0.29) is 17.9 Å². The number of H-pyrrole nitrogens is 1. The van der Waals surface area contributed by atoms with E-state index in [0.29, 0.717) is 18.8 Å². The number of hydrogen-bond donors (Lipinski definition) is 2. The number of nitrogens with zero attached hydrogens (tertiary/aromatic N) is 3. The molecule has 1 unspecified atom stereocenters. The molecule has 0 radical (unpaired) electrons. The van der Waals surface area contributed by atoms with Crippen LogP contribution in [0.1, 0.15) is 17.5 Å². The minimum absolute atomic E-state index is 0.0348. The Morgan fingerprint density at radius 3 is 3.07 bits per heavy atom. The largest absolute Gasteiger partial charge is 0.372 e. The van der Waals surface area contributed by atoms with Crippen LogP contribution in [0.25, 0.3) is 10.9 Å². The van der Waals surface area contributed by atoms with Gasteiger partial charge in [-0.15, -0.1) is 0 Å². The van der Waals surface area contributed by atoms with Gasteiger partial charge in [0.25, 0.3) is 0 Å². The summed E-state index contributed by atoms with van der Waals surface area (Å²) in [5.74, 6) is 0.286. The number of ether oxygens (including phenoxy) is 1. The predicted molar refractivity (Wildman–Crippen MR) is 106 cm³/mol. The molecule has 0 saturated carbocycles. The van der Waals surface area contributed by atoms with E-state index in [1.165, 1.54) is 22.8 Å². The van der Waals surface area contributed by atoms with E-state index in [4.69, 9.17) is 4.74 Å². The number of likely N-dealkylation sites (N-methyl/N-ethyl adjacent to an activating group) is 1. The van der Waals surface area contributed by atoms with E-state index in [9.17, 15) is 4.79 Å². The summed E-state index contributed by atoms with van der Waals surface area (Å²) in [7, 11) is 3.85. The van der Waals surface area contributed by atoms with Crippen molar-refractivity contribution < 1.29 is 9.53 Å². The zero-order chi connectivity index (χ0) is 19.3. The number of likely N-dealkylation sites (tertiary alicyclic amines) is 1. The van der Waals surface area contributed by atoms with E-state index >= 15 is 0 Å². The summed E-state index contributed by atoms with van der Waals surface area (Å²) in [5.41, 5.74) is 3.10. The molecule has 0 bridgehead atoms. The van der Waals surface area contributed by atoms with Gasteiger partial charge < -0.3 is 15.0 Å². The molecule has 7 heteroatoms. The fraction of sp³-hybridized carbons (Fsp3) is 0.381. The number of carbonyl (C=O) groups is 1. The van der Waals surface area contributed by atoms with Gasteiger partial charge in [-0.05, 0) is 43.1 Å². The summed E-state index contributed by atoms with van der Waals surface area (Å²) in [6.45, 7) is 0.683. The quantitative estimate of drug-likeness (QED) is 0.732. The minimum atomic E-state index is -0.518. The van der Waals surface area contributed by atoms with E-state index in [2.05, 4.69) is 56.6 Å². The number of carbonyl (C=O) groups excluding carboxylic acids is 1. The highest BCUT2D eigenvalue weighted by Gasteiger charge is 2.52. The molecule has 1 aliphatic carbocycles. The second-order valence-corrected chi connectivity index (χ2v) is 7.78. The molecule has 2 aromatic heterocycles. The van der Waals surface area contributed by atoms with Gasteiger partial charge in [-0.1, -0.05) is 12.1 Å². The molecule has 5 rings (SSSR count). The first-order valence-electron chi connectivity index (χ1n) is 9.54. The molecule has 2 N–H and O–H groups in total. The predicted octanol–water partition coefficient (Wildman–Crippen LogP) is 2.31. The summed E-state index contributed by atoms with van der Waals surface area (Å²) < 4.78 is 6.24. The Bertz CT molecular complexity index is 1030. The first-order valence-corrected chi connectivity index (χ1v) is 9.54. The molecule has 1 aliphatic heterocycles. The van der Waals surface area contributed by atoms with Crippen LogP contribution in [0.2, 0.25) is 0 Å². The van der Waals surface area contributed by atoms with Crippen LogP contribution in [0.3, 0.4) is 0 Å². The van der Waals surface area contributed by atoms with E-state index in [1.807, 2.05) is 0 Å². The van der Waals surface area contributed by atoms with E-state index in [0.717, 1.165) is 11.9 Å². The molecule has 2 aliphatic rings. The van der Waals surface area contributed by atoms with Crippen molar-refractivity contribution in [1.82, 2.24) is 19.9 Å². The van der Waals surface area contributed by atoms with Gasteiger partial charge in [0.05, 0.1) is 5.92 Å². The lowest BCUT2D eigenvalue weighted by Gasteiger charge is -2.52. The number of hydrogen-bond acceptors (Lipinski definition) is 5. The van der Waals surface area contributed by atoms with Crippen LogP contribution >= 0.6 is 0 Å². The summed E-state index contributed by atoms with van der Waals surface area (Å²) in [4.78, 5) is 26.7. The maximum Gasteiger partial charge on any atom is 0.230 e. The normalized spacial score (nSPS) is 26.8. The molecule has 0 spiro atoms. The molecule has 28 heavy (non-hydrogen) atoms. The SMILES string of the molecule is COC12C[C@@H](C(=O)Nc3ccncn3)CN(C)[C@@H]1Cc1c[nH]c3cccc2c13. The van der Waals surface area contributed by atoms with Crippen LogP contribution in [-0.2, 0) is 21.6 Å². The molecule has 1 aromatic carbocycles. The number of methoxy groups -OCH3 is 1. The Hall–Kier alpha value is -2.77. The Morgan fingerprint density at radius 2 is 2.29 bits per heavy atom. The van der Waals surface area contributed by atoms with Gasteiger partial charge in [0, 0.05) is 43.0 Å². The van der Waals surface area contributed by atoms with Crippen molar-refractivity contribution in [3.05, 3.63) is 54.1 Å². The molecular weight excluding hydrogens is 354 g/mol. The molecular formula is C21H23N5O2. The topological polar surface area (TPSA) is 83.1 Å². The first-order chi connectivity index (χ1) is 13.6. The third-order valence-electron chi connectivity index (χ3n) is 6.35. The Balaban J connectivity index is 1.53. The lowest BCUT2D eigenvalue weighted by Crippen LogP contribution is -2.60. The molecule has 1 saturated heterocycles. The lowest BCUT2D eigenvalue weighted by molar-refractivity contribution is -0.143. The molecule has 7 nitrogen and oxygen atoms in total. The number of aromatic nitrogens is 3. The fourth-order valence-electron chi connectivity index (χ4n) is 5.08. The number of anilines is 1. The Labute approximate surface area is 163 Å². The van der Waals surface area contributed by atoms with Crippen molar-refractivity contribution >= 4 is 22.6 Å². The van der Waals surface area contributed by atoms with Gasteiger partial charge in [-0.2, -0.15) is 0 Å². The van der Waals surface area contributed by atoms with Gasteiger partial charge in [0.1, 0.15) is 17.7 Å². The van der Waals surface area contributed by atoms with Crippen molar-refractivity contribution in [1.29, 1.82) is 0 Å². The zero-order valence-electron chi connectivity index (χ0n) is 16.0. The highest BCUT2D eigenvalue weighted by Crippen LogP contribution is 2.49. The minimum Gasteiger partial charge on any atom is -0.372 e. The van der Waals surface area contributed by atoms with Crippen molar-refractivity contribution in [2.75, 3.05) is 26.0 Å². The number of rotatable bonds is 3. The number of fused-ring (bicyclic) bond motifs is 2. The number of benzene rings is 1. The van der Waals surface area contributed by atoms with Crippen LogP contribution in [-0.4, -0.2) is 52.5 Å². The molecule has 144 valence electrons. The summed E-state index contributed by atoms with van der Waals surface area (Å²) in [6, 6.07) is 8.19. The van der Waals surface area contributed by atoms with Gasteiger partial charge in [0.15, 0.2) is 0 Å². The van der Waals surface area contributed by atoms with Crippen LogP contribution in [0.5, 0.6) is 0 Å². The Morgan fingerprint density at radius 1 is 1.39 bits per heavy atom. The number of aromatic amines is 1. The number of nitrogens with one attached hydrogen (secondary N) is 2. The molecule has 3 heterocycles. The molecule has 1 fully saturated rings. The van der Waals surface area contributed by atoms with Crippen LogP contribution in [0.4, 0.5) is 5.82 Å². The van der Waals surface area contributed by atoms with Crippen LogP contribution < -0.4 is 5.32 Å². The standard InChI is InChI=1S/C21H23N5O2/c1-26-11-14(20(27)25-18-6-7-22-12-24-18)9-21(28-2)15-4-3-5-16-19(15)13(10-23-16)8-17(21)26/h3-7,10,12,14,17,23H,8-9,11H2,1-2H3,(H,22,24,25,27)/t14-,17-,21?/m1/s1. The lowest BCUT2D eigenvalue weighted by atomic mass is 9.68. The maximum atomic E-state index is 13.0. The smallest absolute Gasteiger partial charge is 0.230 e. The van der Waals surface area contributed by atoms with Crippen molar-refractivity contribution in [3.63, 3.8) is 0 Å². The fourth-order valence-corrected chi connectivity index (χ4v) is 5.08.